The molecule has 1 saturated heterocycles. The van der Waals surface area contributed by atoms with Gasteiger partial charge in [0, 0.05) is 48.2 Å². The molecule has 0 spiro atoms. The number of rotatable bonds is 3. The van der Waals surface area contributed by atoms with Gasteiger partial charge in [0.15, 0.2) is 0 Å². The van der Waals surface area contributed by atoms with Crippen LogP contribution in [0.5, 0.6) is 0 Å². The van der Waals surface area contributed by atoms with Crippen molar-refractivity contribution in [1.29, 1.82) is 0 Å². The summed E-state index contributed by atoms with van der Waals surface area (Å²) in [4.78, 5) is 17.3. The number of benzene rings is 2. The van der Waals surface area contributed by atoms with Crippen molar-refractivity contribution in [2.24, 2.45) is 0 Å². The first-order valence-corrected chi connectivity index (χ1v) is 9.31. The zero-order valence-electron chi connectivity index (χ0n) is 13.8. The van der Waals surface area contributed by atoms with Crippen LogP contribution in [0, 0.1) is 5.82 Å². The zero-order valence-corrected chi connectivity index (χ0v) is 14.6. The molecule has 3 aromatic rings. The van der Waals surface area contributed by atoms with Crippen LogP contribution in [0.2, 0.25) is 0 Å². The van der Waals surface area contributed by atoms with E-state index in [0.717, 1.165) is 37.4 Å². The van der Waals surface area contributed by atoms with Gasteiger partial charge in [0.2, 0.25) is 5.43 Å². The van der Waals surface area contributed by atoms with Crippen molar-refractivity contribution >= 4 is 27.1 Å². The lowest BCUT2D eigenvalue weighted by Gasteiger charge is -2.35. The van der Waals surface area contributed by atoms with Crippen molar-refractivity contribution in [2.45, 2.75) is 6.54 Å². The van der Waals surface area contributed by atoms with Gasteiger partial charge in [0.1, 0.15) is 5.82 Å². The van der Waals surface area contributed by atoms with Gasteiger partial charge in [-0.05, 0) is 23.8 Å². The first-order chi connectivity index (χ1) is 12.2. The van der Waals surface area contributed by atoms with E-state index in [9.17, 15) is 9.18 Å². The smallest absolute Gasteiger partial charge is 0.211 e. The van der Waals surface area contributed by atoms with E-state index in [0.29, 0.717) is 11.1 Å². The predicted molar refractivity (Wildman–Crippen MR) is 102 cm³/mol. The highest BCUT2D eigenvalue weighted by molar-refractivity contribution is 7.16. The van der Waals surface area contributed by atoms with E-state index in [1.54, 1.807) is 6.07 Å². The first kappa shape index (κ1) is 16.2. The van der Waals surface area contributed by atoms with E-state index >= 15 is 0 Å². The van der Waals surface area contributed by atoms with Gasteiger partial charge in [0.05, 0.1) is 5.69 Å². The minimum atomic E-state index is -0.360. The molecule has 0 amide bonds. The van der Waals surface area contributed by atoms with Gasteiger partial charge in [0.25, 0.3) is 0 Å². The van der Waals surface area contributed by atoms with Crippen LogP contribution in [-0.2, 0) is 6.54 Å². The fraction of sp³-hybridized carbons (Fsp3) is 0.250. The summed E-state index contributed by atoms with van der Waals surface area (Å²) in [6.07, 6.45) is 0. The zero-order chi connectivity index (χ0) is 17.2. The summed E-state index contributed by atoms with van der Waals surface area (Å²) in [7, 11) is 0. The summed E-state index contributed by atoms with van der Waals surface area (Å²) < 4.78 is 14.3. The van der Waals surface area contributed by atoms with Crippen LogP contribution in [0.3, 0.4) is 0 Å². The Kier molecular flexibility index (Phi) is 4.51. The molecule has 1 aliphatic heterocycles. The van der Waals surface area contributed by atoms with Crippen molar-refractivity contribution in [1.82, 2.24) is 4.90 Å². The average Bonchev–Trinajstić information content (AvgIpc) is 2.64. The lowest BCUT2D eigenvalue weighted by atomic mass is 10.2. The number of fused-ring (bicyclic) bond motifs is 1. The molecule has 0 atom stereocenters. The van der Waals surface area contributed by atoms with Crippen molar-refractivity contribution in [3.8, 4) is 0 Å². The van der Waals surface area contributed by atoms with Gasteiger partial charge in [-0.3, -0.25) is 9.69 Å². The molecule has 0 saturated carbocycles. The Morgan fingerprint density at radius 3 is 2.52 bits per heavy atom. The van der Waals surface area contributed by atoms with Crippen molar-refractivity contribution in [3.63, 3.8) is 0 Å². The fourth-order valence-electron chi connectivity index (χ4n) is 3.30. The monoisotopic (exact) mass is 354 g/mol. The lowest BCUT2D eigenvalue weighted by molar-refractivity contribution is 0.250. The molecule has 1 aromatic heterocycles. The number of anilines is 1. The second-order valence-corrected chi connectivity index (χ2v) is 7.25. The molecule has 1 fully saturated rings. The van der Waals surface area contributed by atoms with Crippen molar-refractivity contribution < 1.29 is 4.39 Å². The molecule has 0 unspecified atom stereocenters. The molecule has 2 aromatic carbocycles. The van der Waals surface area contributed by atoms with E-state index in [-0.39, 0.29) is 11.2 Å². The molecule has 1 aliphatic rings. The summed E-state index contributed by atoms with van der Waals surface area (Å²) in [5.74, 6) is -0.360. The maximum absolute atomic E-state index is 13.5. The van der Waals surface area contributed by atoms with E-state index in [1.807, 2.05) is 11.4 Å². The molecule has 128 valence electrons. The van der Waals surface area contributed by atoms with Crippen molar-refractivity contribution in [2.75, 3.05) is 31.1 Å². The third-order valence-electron chi connectivity index (χ3n) is 4.68. The molecule has 4 rings (SSSR count). The van der Waals surface area contributed by atoms with Gasteiger partial charge < -0.3 is 4.90 Å². The summed E-state index contributed by atoms with van der Waals surface area (Å²) in [5.41, 5.74) is 1.94. The van der Waals surface area contributed by atoms with Crippen LogP contribution in [0.15, 0.2) is 58.7 Å². The maximum atomic E-state index is 13.5. The molecule has 0 bridgehead atoms. The summed E-state index contributed by atoms with van der Waals surface area (Å²) in [6, 6.07) is 14.9. The second-order valence-electron chi connectivity index (χ2n) is 6.34. The van der Waals surface area contributed by atoms with Crippen LogP contribution in [0.25, 0.3) is 10.1 Å². The Balaban J connectivity index is 1.50. The number of hydrogen-bond donors (Lipinski definition) is 0. The normalized spacial score (nSPS) is 15.6. The van der Waals surface area contributed by atoms with E-state index in [4.69, 9.17) is 0 Å². The highest BCUT2D eigenvalue weighted by Crippen LogP contribution is 2.23. The number of halogens is 1. The average molecular weight is 354 g/mol. The van der Waals surface area contributed by atoms with Crippen LogP contribution >= 0.6 is 11.3 Å². The molecule has 5 heteroatoms. The lowest BCUT2D eigenvalue weighted by Crippen LogP contribution is -2.47. The fourth-order valence-corrected chi connectivity index (χ4v) is 4.22. The SMILES string of the molecule is O=c1c(N2CCN(Cc3ccccc3)CC2)csc2ccc(F)cc12. The highest BCUT2D eigenvalue weighted by atomic mass is 32.1. The van der Waals surface area contributed by atoms with E-state index in [1.165, 1.54) is 29.0 Å². The molecular weight excluding hydrogens is 335 g/mol. The summed E-state index contributed by atoms with van der Waals surface area (Å²) in [6.45, 7) is 4.40. The van der Waals surface area contributed by atoms with Crippen LogP contribution in [0.1, 0.15) is 5.56 Å². The Morgan fingerprint density at radius 2 is 1.76 bits per heavy atom. The Hall–Kier alpha value is -2.24. The van der Waals surface area contributed by atoms with Crippen LogP contribution < -0.4 is 10.3 Å². The molecule has 3 nitrogen and oxygen atoms in total. The third-order valence-corrected chi connectivity index (χ3v) is 5.63. The molecular formula is C20H19FN2OS. The van der Waals surface area contributed by atoms with Gasteiger partial charge in [-0.2, -0.15) is 0 Å². The van der Waals surface area contributed by atoms with Gasteiger partial charge in [-0.15, -0.1) is 11.3 Å². The van der Waals surface area contributed by atoms with Crippen LogP contribution in [-0.4, -0.2) is 31.1 Å². The predicted octanol–water partition coefficient (Wildman–Crippen LogP) is 3.72. The number of piperazine rings is 1. The molecule has 0 N–H and O–H groups in total. The first-order valence-electron chi connectivity index (χ1n) is 8.43. The van der Waals surface area contributed by atoms with E-state index in [2.05, 4.69) is 34.1 Å². The largest absolute Gasteiger partial charge is 0.365 e. The van der Waals surface area contributed by atoms with Crippen molar-refractivity contribution in [3.05, 3.63) is 75.5 Å². The Labute approximate surface area is 149 Å². The molecule has 0 aliphatic carbocycles. The highest BCUT2D eigenvalue weighted by Gasteiger charge is 2.20. The number of nitrogens with zero attached hydrogens (tertiary/aromatic N) is 2. The Morgan fingerprint density at radius 1 is 1.00 bits per heavy atom. The third kappa shape index (κ3) is 3.43. The maximum Gasteiger partial charge on any atom is 0.211 e. The second kappa shape index (κ2) is 6.94. The van der Waals surface area contributed by atoms with Gasteiger partial charge in [-0.1, -0.05) is 30.3 Å². The molecule has 2 heterocycles. The minimum absolute atomic E-state index is 0.0650. The summed E-state index contributed by atoms with van der Waals surface area (Å²) in [5, 5.41) is 2.39. The number of hydrogen-bond acceptors (Lipinski definition) is 4. The Bertz CT molecular complexity index is 933. The van der Waals surface area contributed by atoms with Gasteiger partial charge in [-0.25, -0.2) is 4.39 Å². The van der Waals surface area contributed by atoms with Gasteiger partial charge >= 0.3 is 0 Å². The standard InChI is InChI=1S/C20H19FN2OS/c21-16-6-7-19-17(12-16)20(24)18(14-25-19)23-10-8-22(9-11-23)13-15-4-2-1-3-5-15/h1-7,12,14H,8-11,13H2. The summed E-state index contributed by atoms with van der Waals surface area (Å²) >= 11 is 1.50. The molecule has 0 radical (unpaired) electrons. The quantitative estimate of drug-likeness (QED) is 0.716. The topological polar surface area (TPSA) is 23.6 Å². The molecule has 25 heavy (non-hydrogen) atoms. The van der Waals surface area contributed by atoms with Crippen LogP contribution in [0.4, 0.5) is 10.1 Å². The minimum Gasteiger partial charge on any atom is -0.365 e. The van der Waals surface area contributed by atoms with E-state index < -0.39 is 0 Å².